The van der Waals surface area contributed by atoms with Crippen LogP contribution in [-0.4, -0.2) is 81.7 Å². The van der Waals surface area contributed by atoms with Gasteiger partial charge in [-0.15, -0.1) is 5.10 Å². The summed E-state index contributed by atoms with van der Waals surface area (Å²) in [5.41, 5.74) is 5.78. The van der Waals surface area contributed by atoms with E-state index in [4.69, 9.17) is 5.73 Å². The fourth-order valence-electron chi connectivity index (χ4n) is 2.65. The summed E-state index contributed by atoms with van der Waals surface area (Å²) < 4.78 is 1.57. The second-order valence-corrected chi connectivity index (χ2v) is 5.41. The van der Waals surface area contributed by atoms with Crippen molar-refractivity contribution in [3.63, 3.8) is 0 Å². The first-order valence-corrected chi connectivity index (χ1v) is 7.36. The average molecular weight is 296 g/mol. The molecular formula is C13H24N6O2. The minimum atomic E-state index is -0.165. The van der Waals surface area contributed by atoms with E-state index in [0.717, 1.165) is 25.9 Å². The van der Waals surface area contributed by atoms with Gasteiger partial charge in [0.1, 0.15) is 0 Å². The lowest BCUT2D eigenvalue weighted by molar-refractivity contribution is 0.0534. The van der Waals surface area contributed by atoms with Crippen molar-refractivity contribution >= 4 is 5.91 Å². The number of carbonyl (C=O) groups excluding carboxylic acids is 1. The number of nitrogens with zero attached hydrogens (tertiary/aromatic N) is 5. The molecule has 8 nitrogen and oxygen atoms in total. The number of hydrogen-bond donors (Lipinski definition) is 2. The molecular weight excluding hydrogens is 272 g/mol. The van der Waals surface area contributed by atoms with Gasteiger partial charge in [-0.25, -0.2) is 0 Å². The molecule has 0 spiro atoms. The Bertz CT molecular complexity index is 455. The van der Waals surface area contributed by atoms with Crippen molar-refractivity contribution in [1.82, 2.24) is 24.8 Å². The van der Waals surface area contributed by atoms with E-state index in [2.05, 4.69) is 22.3 Å². The minimum absolute atomic E-state index is 0.0466. The van der Waals surface area contributed by atoms with Gasteiger partial charge in [-0.05, 0) is 33.0 Å². The van der Waals surface area contributed by atoms with E-state index in [-0.39, 0.29) is 18.6 Å². The highest BCUT2D eigenvalue weighted by Crippen LogP contribution is 2.17. The molecule has 0 radical (unpaired) electrons. The standard InChI is InChI=1S/C13H24N6O2/c1-17-5-2-11(3-6-17)19(8-9-20)13(21)12-10-18(7-4-14)16-15-12/h10-11,20H,2-9,14H2,1H3. The SMILES string of the molecule is CN1CCC(N(CCO)C(=O)c2cn(CCN)nn2)CC1. The molecule has 1 aromatic rings. The summed E-state index contributed by atoms with van der Waals surface area (Å²) in [6, 6.07) is 0.153. The first-order valence-electron chi connectivity index (χ1n) is 7.36. The lowest BCUT2D eigenvalue weighted by Gasteiger charge is -2.36. The number of aromatic nitrogens is 3. The summed E-state index contributed by atoms with van der Waals surface area (Å²) in [5, 5.41) is 17.1. The Labute approximate surface area is 124 Å². The normalized spacial score (nSPS) is 17.1. The summed E-state index contributed by atoms with van der Waals surface area (Å²) in [6.07, 6.45) is 3.45. The minimum Gasteiger partial charge on any atom is -0.395 e. The highest BCUT2D eigenvalue weighted by Gasteiger charge is 2.28. The van der Waals surface area contributed by atoms with E-state index >= 15 is 0 Å². The number of amides is 1. The summed E-state index contributed by atoms with van der Waals surface area (Å²) in [6.45, 7) is 3.19. The second-order valence-electron chi connectivity index (χ2n) is 5.41. The maximum absolute atomic E-state index is 12.6. The van der Waals surface area contributed by atoms with Crippen molar-refractivity contribution in [2.24, 2.45) is 5.73 Å². The molecule has 3 N–H and O–H groups in total. The van der Waals surface area contributed by atoms with E-state index < -0.39 is 0 Å². The molecule has 0 bridgehead atoms. The van der Waals surface area contributed by atoms with Gasteiger partial charge in [0.2, 0.25) is 0 Å². The molecule has 2 rings (SSSR count). The molecule has 2 heterocycles. The van der Waals surface area contributed by atoms with Gasteiger partial charge in [0, 0.05) is 19.1 Å². The Kier molecular flexibility index (Phi) is 5.66. The number of aliphatic hydroxyl groups excluding tert-OH is 1. The fraction of sp³-hybridized carbons (Fsp3) is 0.769. The van der Waals surface area contributed by atoms with E-state index in [1.54, 1.807) is 15.8 Å². The van der Waals surface area contributed by atoms with Crippen LogP contribution in [0.15, 0.2) is 6.20 Å². The zero-order valence-corrected chi connectivity index (χ0v) is 12.5. The van der Waals surface area contributed by atoms with Crippen LogP contribution in [0, 0.1) is 0 Å². The third kappa shape index (κ3) is 3.99. The maximum atomic E-state index is 12.6. The van der Waals surface area contributed by atoms with Crippen LogP contribution < -0.4 is 5.73 Å². The van der Waals surface area contributed by atoms with Crippen molar-refractivity contribution in [2.75, 3.05) is 39.8 Å². The molecule has 8 heteroatoms. The second kappa shape index (κ2) is 7.48. The average Bonchev–Trinajstić information content (AvgIpc) is 2.94. The van der Waals surface area contributed by atoms with Crippen molar-refractivity contribution in [1.29, 1.82) is 0 Å². The molecule has 21 heavy (non-hydrogen) atoms. The fourth-order valence-corrected chi connectivity index (χ4v) is 2.65. The van der Waals surface area contributed by atoms with E-state index in [0.29, 0.717) is 25.3 Å². The third-order valence-electron chi connectivity index (χ3n) is 3.85. The molecule has 1 aromatic heterocycles. The largest absolute Gasteiger partial charge is 0.395 e. The Hall–Kier alpha value is -1.51. The lowest BCUT2D eigenvalue weighted by Crippen LogP contribution is -2.47. The lowest BCUT2D eigenvalue weighted by atomic mass is 10.0. The molecule has 1 aliphatic rings. The summed E-state index contributed by atoms with van der Waals surface area (Å²) in [7, 11) is 2.08. The molecule has 1 amide bonds. The van der Waals surface area contributed by atoms with Crippen LogP contribution in [-0.2, 0) is 6.54 Å². The summed E-state index contributed by atoms with van der Waals surface area (Å²) in [5.74, 6) is -0.165. The van der Waals surface area contributed by atoms with Crippen molar-refractivity contribution < 1.29 is 9.90 Å². The van der Waals surface area contributed by atoms with Gasteiger partial charge in [0.25, 0.3) is 5.91 Å². The zero-order chi connectivity index (χ0) is 15.2. The first-order chi connectivity index (χ1) is 10.2. The van der Waals surface area contributed by atoms with Gasteiger partial charge < -0.3 is 20.6 Å². The third-order valence-corrected chi connectivity index (χ3v) is 3.85. The molecule has 1 fully saturated rings. The van der Waals surface area contributed by atoms with Gasteiger partial charge in [-0.3, -0.25) is 9.48 Å². The molecule has 118 valence electrons. The smallest absolute Gasteiger partial charge is 0.276 e. The highest BCUT2D eigenvalue weighted by molar-refractivity contribution is 5.92. The Morgan fingerprint density at radius 1 is 1.52 bits per heavy atom. The van der Waals surface area contributed by atoms with Gasteiger partial charge in [-0.2, -0.15) is 0 Å². The number of piperidine rings is 1. The van der Waals surface area contributed by atoms with Gasteiger partial charge in [0.15, 0.2) is 5.69 Å². The van der Waals surface area contributed by atoms with Gasteiger partial charge >= 0.3 is 0 Å². The molecule has 0 unspecified atom stereocenters. The number of rotatable bonds is 6. The topological polar surface area (TPSA) is 101 Å². The maximum Gasteiger partial charge on any atom is 0.276 e. The van der Waals surface area contributed by atoms with Crippen molar-refractivity contribution in [3.05, 3.63) is 11.9 Å². The molecule has 1 aliphatic heterocycles. The molecule has 0 aliphatic carbocycles. The molecule has 0 saturated carbocycles. The quantitative estimate of drug-likeness (QED) is 0.681. The summed E-state index contributed by atoms with van der Waals surface area (Å²) in [4.78, 5) is 16.6. The number of nitrogens with two attached hydrogens (primary N) is 1. The predicted molar refractivity (Wildman–Crippen MR) is 77.7 cm³/mol. The first kappa shape index (κ1) is 15.9. The number of carbonyl (C=O) groups is 1. The number of likely N-dealkylation sites (tertiary alicyclic amines) is 1. The highest BCUT2D eigenvalue weighted by atomic mass is 16.3. The number of aliphatic hydroxyl groups is 1. The van der Waals surface area contributed by atoms with E-state index in [1.165, 1.54) is 0 Å². The Balaban J connectivity index is 2.07. The van der Waals surface area contributed by atoms with Crippen LogP contribution in [0.25, 0.3) is 0 Å². The van der Waals surface area contributed by atoms with Crippen LogP contribution in [0.5, 0.6) is 0 Å². The van der Waals surface area contributed by atoms with Gasteiger partial charge in [-0.1, -0.05) is 5.21 Å². The van der Waals surface area contributed by atoms with Crippen molar-refractivity contribution in [3.8, 4) is 0 Å². The van der Waals surface area contributed by atoms with E-state index in [1.807, 2.05) is 0 Å². The van der Waals surface area contributed by atoms with Crippen molar-refractivity contribution in [2.45, 2.75) is 25.4 Å². The Morgan fingerprint density at radius 2 is 2.24 bits per heavy atom. The summed E-state index contributed by atoms with van der Waals surface area (Å²) >= 11 is 0. The van der Waals surface area contributed by atoms with Crippen LogP contribution >= 0.6 is 0 Å². The Morgan fingerprint density at radius 3 is 2.86 bits per heavy atom. The zero-order valence-electron chi connectivity index (χ0n) is 12.5. The van der Waals surface area contributed by atoms with Crippen LogP contribution in [0.3, 0.4) is 0 Å². The monoisotopic (exact) mass is 296 g/mol. The van der Waals surface area contributed by atoms with Crippen LogP contribution in [0.4, 0.5) is 0 Å². The van der Waals surface area contributed by atoms with Crippen LogP contribution in [0.1, 0.15) is 23.3 Å². The van der Waals surface area contributed by atoms with Crippen LogP contribution in [0.2, 0.25) is 0 Å². The number of hydrogen-bond acceptors (Lipinski definition) is 6. The van der Waals surface area contributed by atoms with Gasteiger partial charge in [0.05, 0.1) is 19.3 Å². The van der Waals surface area contributed by atoms with E-state index in [9.17, 15) is 9.90 Å². The molecule has 0 aromatic carbocycles. The molecule has 0 atom stereocenters. The molecule has 1 saturated heterocycles. The predicted octanol–water partition coefficient (Wildman–Crippen LogP) is -1.23.